The molecule has 0 aliphatic carbocycles. The zero-order valence-electron chi connectivity index (χ0n) is 17.2. The summed E-state index contributed by atoms with van der Waals surface area (Å²) in [6, 6.07) is 0. The Bertz CT molecular complexity index is 286. The topological polar surface area (TPSA) is 19.4 Å². The fraction of sp³-hybridized carbons (Fsp3) is 1.00. The molecule has 24 heavy (non-hydrogen) atoms. The Morgan fingerprint density at radius 2 is 0.958 bits per heavy atom. The molecule has 0 spiro atoms. The third kappa shape index (κ3) is 9.30. The van der Waals surface area contributed by atoms with Gasteiger partial charge in [-0.1, -0.05) is 0 Å². The Kier molecular flexibility index (Phi) is 11.1. The van der Waals surface area contributed by atoms with Crippen LogP contribution in [0.15, 0.2) is 0 Å². The maximum Gasteiger partial charge on any atom is 0.0305 e. The van der Waals surface area contributed by atoms with Gasteiger partial charge in [0.2, 0.25) is 0 Å². The van der Waals surface area contributed by atoms with Crippen LogP contribution in [0.3, 0.4) is 0 Å². The van der Waals surface area contributed by atoms with E-state index in [1.807, 2.05) is 0 Å². The van der Waals surface area contributed by atoms with Gasteiger partial charge in [-0.3, -0.25) is 0 Å². The van der Waals surface area contributed by atoms with Crippen molar-refractivity contribution < 1.29 is 0 Å². The molecule has 0 unspecified atom stereocenters. The van der Waals surface area contributed by atoms with E-state index < -0.39 is 0 Å². The molecule has 0 radical (unpaired) electrons. The zero-order chi connectivity index (χ0) is 17.9. The van der Waals surface area contributed by atoms with Gasteiger partial charge in [0.15, 0.2) is 0 Å². The molecule has 1 heterocycles. The quantitative estimate of drug-likeness (QED) is 0.523. The average molecular weight is 343 g/mol. The number of hydrogen-bond acceptors (Lipinski definition) is 6. The Morgan fingerprint density at radius 3 is 1.33 bits per heavy atom. The fourth-order valence-corrected chi connectivity index (χ4v) is 3.25. The summed E-state index contributed by atoms with van der Waals surface area (Å²) in [6.45, 7) is 9.40. The molecule has 1 rings (SSSR count). The van der Waals surface area contributed by atoms with Crippen LogP contribution in [-0.4, -0.2) is 124 Å². The molecule has 1 fully saturated rings. The van der Waals surface area contributed by atoms with E-state index in [4.69, 9.17) is 0 Å². The molecule has 1 aliphatic heterocycles. The Morgan fingerprint density at radius 1 is 0.583 bits per heavy atom. The van der Waals surface area contributed by atoms with Crippen LogP contribution in [0.4, 0.5) is 0 Å². The predicted octanol–water partition coefficient (Wildman–Crippen LogP) is 0.981. The molecule has 1 saturated heterocycles. The zero-order valence-corrected chi connectivity index (χ0v) is 17.2. The lowest BCUT2D eigenvalue weighted by molar-refractivity contribution is -0.212. The van der Waals surface area contributed by atoms with Gasteiger partial charge in [0.1, 0.15) is 0 Å². The summed E-state index contributed by atoms with van der Waals surface area (Å²) in [4.78, 5) is 6.86. The normalized spacial score (nSPS) is 18.4. The Hall–Kier alpha value is -0.240. The lowest BCUT2D eigenvalue weighted by Gasteiger charge is -2.47. The van der Waals surface area contributed by atoms with Crippen LogP contribution in [0.5, 0.6) is 0 Å². The molecule has 144 valence electrons. The standard InChI is InChI=1S/C18H42N6/c1-19(2)11-7-14-22-16-10-17-23(15-8-12-20(3)4)24(22)18-9-13-21(5)6/h7-18H2,1-6H3. The molecule has 0 aromatic carbocycles. The van der Waals surface area contributed by atoms with Gasteiger partial charge in [-0.15, -0.1) is 0 Å². The minimum Gasteiger partial charge on any atom is -0.309 e. The van der Waals surface area contributed by atoms with Crippen LogP contribution in [0.1, 0.15) is 25.7 Å². The highest BCUT2D eigenvalue weighted by Gasteiger charge is 2.25. The van der Waals surface area contributed by atoms with Gasteiger partial charge in [0.25, 0.3) is 0 Å². The van der Waals surface area contributed by atoms with Crippen LogP contribution >= 0.6 is 0 Å². The van der Waals surface area contributed by atoms with E-state index in [2.05, 4.69) is 72.1 Å². The van der Waals surface area contributed by atoms with Crippen molar-refractivity contribution in [3.05, 3.63) is 0 Å². The van der Waals surface area contributed by atoms with E-state index in [0.29, 0.717) is 0 Å². The smallest absolute Gasteiger partial charge is 0.0305 e. The molecule has 0 bridgehead atoms. The fourth-order valence-electron chi connectivity index (χ4n) is 3.25. The van der Waals surface area contributed by atoms with Crippen LogP contribution in [0.25, 0.3) is 0 Å². The summed E-state index contributed by atoms with van der Waals surface area (Å²) < 4.78 is 0. The highest BCUT2D eigenvalue weighted by molar-refractivity contribution is 4.68. The van der Waals surface area contributed by atoms with Gasteiger partial charge in [-0.2, -0.15) is 5.12 Å². The molecule has 0 atom stereocenters. The van der Waals surface area contributed by atoms with E-state index in [9.17, 15) is 0 Å². The van der Waals surface area contributed by atoms with Crippen molar-refractivity contribution in [2.45, 2.75) is 25.7 Å². The average Bonchev–Trinajstić information content (AvgIpc) is 2.48. The number of hydrazine groups is 2. The van der Waals surface area contributed by atoms with Crippen LogP contribution in [0, 0.1) is 0 Å². The third-order valence-electron chi connectivity index (χ3n) is 4.49. The molecule has 0 amide bonds. The number of nitrogens with zero attached hydrogens (tertiary/aromatic N) is 6. The van der Waals surface area contributed by atoms with Gasteiger partial charge in [-0.05, 0) is 87.6 Å². The van der Waals surface area contributed by atoms with E-state index in [1.165, 1.54) is 65.0 Å². The van der Waals surface area contributed by atoms with Gasteiger partial charge >= 0.3 is 0 Å². The molecule has 0 saturated carbocycles. The monoisotopic (exact) mass is 342 g/mol. The first kappa shape index (κ1) is 21.8. The SMILES string of the molecule is CN(C)CCCN1CCCN(CCCN(C)C)N1CCCN(C)C. The van der Waals surface area contributed by atoms with Crippen molar-refractivity contribution in [1.29, 1.82) is 0 Å². The molecule has 0 aromatic heterocycles. The number of rotatable bonds is 12. The summed E-state index contributed by atoms with van der Waals surface area (Å²) >= 11 is 0. The van der Waals surface area contributed by atoms with Crippen molar-refractivity contribution >= 4 is 0 Å². The second kappa shape index (κ2) is 12.2. The van der Waals surface area contributed by atoms with Crippen LogP contribution in [-0.2, 0) is 0 Å². The second-order valence-corrected chi connectivity index (χ2v) is 7.83. The maximum atomic E-state index is 2.60. The molecular formula is C18H42N6. The summed E-state index contributed by atoms with van der Waals surface area (Å²) in [5.74, 6) is 0. The van der Waals surface area contributed by atoms with Crippen LogP contribution in [0.2, 0.25) is 0 Å². The molecule has 0 N–H and O–H groups in total. The minimum absolute atomic E-state index is 1.14. The van der Waals surface area contributed by atoms with E-state index in [-0.39, 0.29) is 0 Å². The molecule has 0 aromatic rings. The minimum atomic E-state index is 1.14. The van der Waals surface area contributed by atoms with Crippen molar-refractivity contribution in [2.24, 2.45) is 0 Å². The first-order chi connectivity index (χ1) is 11.4. The molecule has 6 nitrogen and oxygen atoms in total. The highest BCUT2D eigenvalue weighted by atomic mass is 15.9. The third-order valence-corrected chi connectivity index (χ3v) is 4.49. The lowest BCUT2D eigenvalue weighted by atomic mass is 10.3. The van der Waals surface area contributed by atoms with Crippen molar-refractivity contribution in [3.8, 4) is 0 Å². The summed E-state index contributed by atoms with van der Waals surface area (Å²) in [7, 11) is 13.0. The first-order valence-corrected chi connectivity index (χ1v) is 9.61. The van der Waals surface area contributed by atoms with E-state index >= 15 is 0 Å². The first-order valence-electron chi connectivity index (χ1n) is 9.61. The van der Waals surface area contributed by atoms with Gasteiger partial charge < -0.3 is 14.7 Å². The summed E-state index contributed by atoms with van der Waals surface area (Å²) in [5, 5.41) is 7.76. The van der Waals surface area contributed by atoms with E-state index in [1.54, 1.807) is 0 Å². The van der Waals surface area contributed by atoms with Gasteiger partial charge in [0.05, 0.1) is 0 Å². The highest BCUT2D eigenvalue weighted by Crippen LogP contribution is 2.15. The number of hydrogen-bond donors (Lipinski definition) is 0. The summed E-state index contributed by atoms with van der Waals surface area (Å²) in [5.41, 5.74) is 0. The van der Waals surface area contributed by atoms with Crippen molar-refractivity contribution in [1.82, 2.24) is 29.8 Å². The molecule has 1 aliphatic rings. The van der Waals surface area contributed by atoms with Crippen LogP contribution < -0.4 is 0 Å². The predicted molar refractivity (Wildman–Crippen MR) is 104 cm³/mol. The largest absolute Gasteiger partial charge is 0.309 e. The molecule has 6 heteroatoms. The van der Waals surface area contributed by atoms with E-state index in [0.717, 1.165) is 13.1 Å². The summed E-state index contributed by atoms with van der Waals surface area (Å²) in [6.07, 6.45) is 4.99. The van der Waals surface area contributed by atoms with Gasteiger partial charge in [-0.25, -0.2) is 10.0 Å². The van der Waals surface area contributed by atoms with Crippen molar-refractivity contribution in [3.63, 3.8) is 0 Å². The Labute approximate surface area is 150 Å². The second-order valence-electron chi connectivity index (χ2n) is 7.83. The lowest BCUT2D eigenvalue weighted by Crippen LogP contribution is -2.59. The Balaban J connectivity index is 2.54. The van der Waals surface area contributed by atoms with Crippen molar-refractivity contribution in [2.75, 3.05) is 94.6 Å². The maximum absolute atomic E-state index is 2.60. The molecular weight excluding hydrogens is 300 g/mol. The van der Waals surface area contributed by atoms with Gasteiger partial charge in [0, 0.05) is 32.7 Å².